The lowest BCUT2D eigenvalue weighted by Crippen LogP contribution is -2.23. The molecular weight excluding hydrogens is 481 g/mol. The van der Waals surface area contributed by atoms with Crippen LogP contribution >= 0.6 is 11.3 Å². The van der Waals surface area contributed by atoms with E-state index in [9.17, 15) is 31.5 Å². The van der Waals surface area contributed by atoms with Crippen molar-refractivity contribution in [2.24, 2.45) is 0 Å². The monoisotopic (exact) mass is 497 g/mol. The molecule has 0 spiro atoms. The van der Waals surface area contributed by atoms with Crippen LogP contribution in [-0.4, -0.2) is 23.4 Å². The number of nitrogens with zero attached hydrogens (tertiary/aromatic N) is 2. The highest BCUT2D eigenvalue weighted by atomic mass is 32.1. The van der Waals surface area contributed by atoms with E-state index < -0.39 is 30.2 Å². The Kier molecular flexibility index (Phi) is 7.61. The first kappa shape index (κ1) is 24.8. The molecule has 0 bridgehead atoms. The van der Waals surface area contributed by atoms with E-state index in [4.69, 9.17) is 0 Å². The van der Waals surface area contributed by atoms with E-state index in [-0.39, 0.29) is 16.6 Å². The Labute approximate surface area is 194 Å². The van der Waals surface area contributed by atoms with Crippen LogP contribution in [0.15, 0.2) is 60.0 Å². The number of hydrogen-bond acceptors (Lipinski definition) is 5. The van der Waals surface area contributed by atoms with Crippen molar-refractivity contribution in [3.8, 4) is 5.75 Å². The van der Waals surface area contributed by atoms with E-state index >= 15 is 0 Å². The minimum Gasteiger partial charge on any atom is -0.435 e. The Bertz CT molecular complexity index is 1190. The van der Waals surface area contributed by atoms with E-state index in [1.54, 1.807) is 0 Å². The molecule has 3 aromatic rings. The van der Waals surface area contributed by atoms with E-state index in [0.717, 1.165) is 34.4 Å². The molecule has 0 aliphatic rings. The summed E-state index contributed by atoms with van der Waals surface area (Å²) in [5.74, 6) is -1.14. The number of alkyl halides is 5. The molecule has 1 aromatic heterocycles. The molecule has 1 N–H and O–H groups in total. The number of thiazole rings is 1. The Morgan fingerprint density at radius 3 is 2.47 bits per heavy atom. The average Bonchev–Trinajstić information content (AvgIpc) is 3.21. The van der Waals surface area contributed by atoms with Gasteiger partial charge in [-0.05, 0) is 48.5 Å². The maximum atomic E-state index is 13.0. The van der Waals surface area contributed by atoms with Crippen molar-refractivity contribution in [3.05, 3.63) is 71.2 Å². The molecule has 34 heavy (non-hydrogen) atoms. The number of carbonyl (C=O) groups is 2. The number of hydrogen-bond donors (Lipinski definition) is 1. The SMILES string of the molecule is CC(=O)N(c1cccc(C(F)(F)F)c1)c1nc(/C=C/C(=O)Nc2ccc(OC(F)F)cc2)cs1. The summed E-state index contributed by atoms with van der Waals surface area (Å²) < 4.78 is 67.7. The number of nitrogens with one attached hydrogen (secondary N) is 1. The molecule has 0 saturated heterocycles. The minimum absolute atomic E-state index is 0.00390. The van der Waals surface area contributed by atoms with Gasteiger partial charge in [-0.25, -0.2) is 4.98 Å². The van der Waals surface area contributed by atoms with Crippen LogP contribution in [0.2, 0.25) is 0 Å². The van der Waals surface area contributed by atoms with Crippen LogP contribution in [-0.2, 0) is 15.8 Å². The van der Waals surface area contributed by atoms with E-state index in [0.29, 0.717) is 11.4 Å². The van der Waals surface area contributed by atoms with Gasteiger partial charge in [0.25, 0.3) is 0 Å². The highest BCUT2D eigenvalue weighted by Gasteiger charge is 2.31. The predicted molar refractivity (Wildman–Crippen MR) is 117 cm³/mol. The third-order valence-electron chi connectivity index (χ3n) is 4.20. The second kappa shape index (κ2) is 10.4. The van der Waals surface area contributed by atoms with Crippen LogP contribution in [0, 0.1) is 0 Å². The fourth-order valence-corrected chi connectivity index (χ4v) is 3.62. The second-order valence-electron chi connectivity index (χ2n) is 6.68. The first-order valence-electron chi connectivity index (χ1n) is 9.50. The van der Waals surface area contributed by atoms with Crippen molar-refractivity contribution < 1.29 is 36.3 Å². The zero-order valence-corrected chi connectivity index (χ0v) is 18.2. The standard InChI is InChI=1S/C22H16F5N3O3S/c1-13(31)30(17-4-2-3-14(11-17)22(25,26)27)21-29-16(12-34-21)7-10-19(32)28-15-5-8-18(9-6-15)33-20(23)24/h2-12,20H,1H3,(H,28,32)/b10-7+. The van der Waals surface area contributed by atoms with Crippen molar-refractivity contribution in [1.29, 1.82) is 0 Å². The summed E-state index contributed by atoms with van der Waals surface area (Å²) in [7, 11) is 0. The van der Waals surface area contributed by atoms with Gasteiger partial charge in [-0.3, -0.25) is 14.5 Å². The Hall–Kier alpha value is -3.80. The van der Waals surface area contributed by atoms with Gasteiger partial charge in [-0.15, -0.1) is 11.3 Å². The summed E-state index contributed by atoms with van der Waals surface area (Å²) in [4.78, 5) is 29.5. The maximum absolute atomic E-state index is 13.0. The first-order valence-corrected chi connectivity index (χ1v) is 10.4. The Morgan fingerprint density at radius 2 is 1.85 bits per heavy atom. The number of rotatable bonds is 7. The molecule has 0 aliphatic heterocycles. The molecule has 0 unspecified atom stereocenters. The van der Waals surface area contributed by atoms with E-state index in [1.165, 1.54) is 54.8 Å². The van der Waals surface area contributed by atoms with Crippen molar-refractivity contribution in [2.75, 3.05) is 10.2 Å². The van der Waals surface area contributed by atoms with Crippen LogP contribution in [0.3, 0.4) is 0 Å². The summed E-state index contributed by atoms with van der Waals surface area (Å²) in [6, 6.07) is 9.59. The quantitative estimate of drug-likeness (QED) is 0.316. The zero-order valence-electron chi connectivity index (χ0n) is 17.3. The molecule has 178 valence electrons. The molecule has 0 radical (unpaired) electrons. The minimum atomic E-state index is -4.57. The molecule has 0 atom stereocenters. The third kappa shape index (κ3) is 6.61. The van der Waals surface area contributed by atoms with Crippen molar-refractivity contribution in [2.45, 2.75) is 19.7 Å². The van der Waals surface area contributed by atoms with Gasteiger partial charge in [-0.1, -0.05) is 6.07 Å². The van der Waals surface area contributed by atoms with Gasteiger partial charge in [0.15, 0.2) is 5.13 Å². The molecule has 0 aliphatic carbocycles. The number of aromatic nitrogens is 1. The third-order valence-corrected chi connectivity index (χ3v) is 5.04. The molecule has 1 heterocycles. The van der Waals surface area contributed by atoms with Gasteiger partial charge in [0.05, 0.1) is 16.9 Å². The fourth-order valence-electron chi connectivity index (χ4n) is 2.77. The molecule has 6 nitrogen and oxygen atoms in total. The van der Waals surface area contributed by atoms with Crippen LogP contribution in [0.25, 0.3) is 6.08 Å². The summed E-state index contributed by atoms with van der Waals surface area (Å²) in [6.45, 7) is -1.76. The normalized spacial score (nSPS) is 11.6. The van der Waals surface area contributed by atoms with Crippen LogP contribution < -0.4 is 15.0 Å². The van der Waals surface area contributed by atoms with Crippen molar-refractivity contribution in [3.63, 3.8) is 0 Å². The van der Waals surface area contributed by atoms with E-state index in [2.05, 4.69) is 15.0 Å². The van der Waals surface area contributed by atoms with Crippen LogP contribution in [0.5, 0.6) is 5.75 Å². The number of halogens is 5. The largest absolute Gasteiger partial charge is 0.435 e. The summed E-state index contributed by atoms with van der Waals surface area (Å²) >= 11 is 1.01. The number of anilines is 3. The second-order valence-corrected chi connectivity index (χ2v) is 7.52. The maximum Gasteiger partial charge on any atom is 0.416 e. The van der Waals surface area contributed by atoms with Gasteiger partial charge in [0.2, 0.25) is 11.8 Å². The van der Waals surface area contributed by atoms with Gasteiger partial charge < -0.3 is 10.1 Å². The van der Waals surface area contributed by atoms with Crippen LogP contribution in [0.4, 0.5) is 38.5 Å². The smallest absolute Gasteiger partial charge is 0.416 e. The lowest BCUT2D eigenvalue weighted by Gasteiger charge is -2.19. The number of benzene rings is 2. The first-order chi connectivity index (χ1) is 16.0. The molecule has 2 aromatic carbocycles. The highest BCUT2D eigenvalue weighted by Crippen LogP contribution is 2.35. The fraction of sp³-hybridized carbons (Fsp3) is 0.136. The predicted octanol–water partition coefficient (Wildman–Crippen LogP) is 6.10. The van der Waals surface area contributed by atoms with Crippen molar-refractivity contribution >= 4 is 45.7 Å². The summed E-state index contributed by atoms with van der Waals surface area (Å²) in [6.07, 6.45) is -2.06. The summed E-state index contributed by atoms with van der Waals surface area (Å²) in [5, 5.41) is 4.18. The molecule has 0 saturated carbocycles. The number of amides is 2. The Morgan fingerprint density at radius 1 is 1.15 bits per heavy atom. The molecular formula is C22H16F5N3O3S. The lowest BCUT2D eigenvalue weighted by atomic mass is 10.2. The molecule has 12 heteroatoms. The number of carbonyl (C=O) groups excluding carboxylic acids is 2. The lowest BCUT2D eigenvalue weighted by molar-refractivity contribution is -0.137. The van der Waals surface area contributed by atoms with Gasteiger partial charge in [0.1, 0.15) is 5.75 Å². The molecule has 2 amide bonds. The van der Waals surface area contributed by atoms with Gasteiger partial charge in [0, 0.05) is 24.1 Å². The van der Waals surface area contributed by atoms with Crippen molar-refractivity contribution in [1.82, 2.24) is 4.98 Å². The topological polar surface area (TPSA) is 71.5 Å². The van der Waals surface area contributed by atoms with Crippen LogP contribution in [0.1, 0.15) is 18.2 Å². The highest BCUT2D eigenvalue weighted by molar-refractivity contribution is 7.14. The van der Waals surface area contributed by atoms with Gasteiger partial charge >= 0.3 is 12.8 Å². The summed E-state index contributed by atoms with van der Waals surface area (Å²) in [5.41, 5.74) is -0.265. The Balaban J connectivity index is 1.71. The van der Waals surface area contributed by atoms with E-state index in [1.807, 2.05) is 0 Å². The number of ether oxygens (including phenoxy) is 1. The molecule has 0 fully saturated rings. The molecule has 3 rings (SSSR count). The average molecular weight is 497 g/mol. The zero-order chi connectivity index (χ0) is 24.9. The van der Waals surface area contributed by atoms with Gasteiger partial charge in [-0.2, -0.15) is 22.0 Å².